The lowest BCUT2D eigenvalue weighted by Crippen LogP contribution is -2.45. The molecule has 0 aromatic heterocycles. The van der Waals surface area contributed by atoms with E-state index in [2.05, 4.69) is 26.1 Å². The monoisotopic (exact) mass is 223 g/mol. The van der Waals surface area contributed by atoms with E-state index in [-0.39, 0.29) is 0 Å². The Hall–Kier alpha value is -0.0400. The average Bonchev–Trinajstić information content (AvgIpc) is 2.25. The summed E-state index contributed by atoms with van der Waals surface area (Å²) < 4.78 is 0. The molecule has 0 aliphatic heterocycles. The predicted octanol–water partition coefficient (Wildman–Crippen LogP) is 3.98. The summed E-state index contributed by atoms with van der Waals surface area (Å²) in [6.45, 7) is 7.26. The van der Waals surface area contributed by atoms with Gasteiger partial charge in [0.2, 0.25) is 0 Å². The minimum Gasteiger partial charge on any atom is -0.311 e. The van der Waals surface area contributed by atoms with Crippen molar-refractivity contribution < 1.29 is 0 Å². The van der Waals surface area contributed by atoms with Crippen molar-refractivity contribution in [2.45, 2.75) is 77.8 Å². The average molecular weight is 223 g/mol. The van der Waals surface area contributed by atoms with Crippen molar-refractivity contribution in [3.63, 3.8) is 0 Å². The fourth-order valence-electron chi connectivity index (χ4n) is 3.64. The molecule has 1 N–H and O–H groups in total. The molecule has 3 atom stereocenters. The van der Waals surface area contributed by atoms with Crippen molar-refractivity contribution in [1.82, 2.24) is 5.32 Å². The smallest absolute Gasteiger partial charge is 0.00954 e. The minimum atomic E-state index is 0.814. The fraction of sp³-hybridized carbons (Fsp3) is 1.00. The van der Waals surface area contributed by atoms with Gasteiger partial charge >= 0.3 is 0 Å². The van der Waals surface area contributed by atoms with Crippen molar-refractivity contribution in [3.05, 3.63) is 0 Å². The number of hydrogen-bond donors (Lipinski definition) is 1. The molecule has 2 rings (SSSR count). The van der Waals surface area contributed by atoms with Crippen LogP contribution in [0.4, 0.5) is 0 Å². The Balaban J connectivity index is 1.76. The maximum Gasteiger partial charge on any atom is 0.00954 e. The summed E-state index contributed by atoms with van der Waals surface area (Å²) in [7, 11) is 0. The molecule has 0 aromatic carbocycles. The van der Waals surface area contributed by atoms with Crippen LogP contribution in [0.25, 0.3) is 0 Å². The highest BCUT2D eigenvalue weighted by molar-refractivity contribution is 4.85. The Morgan fingerprint density at radius 2 is 1.38 bits per heavy atom. The van der Waals surface area contributed by atoms with E-state index in [0.717, 1.165) is 29.8 Å². The lowest BCUT2D eigenvalue weighted by molar-refractivity contribution is 0.191. The quantitative estimate of drug-likeness (QED) is 0.746. The Kier molecular flexibility index (Phi) is 4.29. The number of rotatable bonds is 2. The molecule has 3 unspecified atom stereocenters. The number of nitrogens with one attached hydrogen (secondary N) is 1. The van der Waals surface area contributed by atoms with Gasteiger partial charge in [0.1, 0.15) is 0 Å². The first-order valence-corrected chi connectivity index (χ1v) is 7.41. The van der Waals surface area contributed by atoms with Gasteiger partial charge < -0.3 is 5.32 Å². The summed E-state index contributed by atoms with van der Waals surface area (Å²) in [6.07, 6.45) is 9.99. The summed E-state index contributed by atoms with van der Waals surface area (Å²) in [4.78, 5) is 0. The first-order valence-electron chi connectivity index (χ1n) is 7.41. The summed E-state index contributed by atoms with van der Waals surface area (Å²) >= 11 is 0. The van der Waals surface area contributed by atoms with Gasteiger partial charge in [-0.05, 0) is 62.7 Å². The molecule has 16 heavy (non-hydrogen) atoms. The van der Waals surface area contributed by atoms with E-state index in [1.165, 1.54) is 44.9 Å². The van der Waals surface area contributed by atoms with Crippen LogP contribution >= 0.6 is 0 Å². The van der Waals surface area contributed by atoms with Crippen LogP contribution in [0.3, 0.4) is 0 Å². The zero-order valence-corrected chi connectivity index (χ0v) is 11.3. The minimum absolute atomic E-state index is 0.814. The van der Waals surface area contributed by atoms with Crippen LogP contribution in [0.2, 0.25) is 0 Å². The molecule has 2 fully saturated rings. The highest BCUT2D eigenvalue weighted by Crippen LogP contribution is 2.31. The Morgan fingerprint density at radius 3 is 2.00 bits per heavy atom. The molecule has 94 valence electrons. The van der Waals surface area contributed by atoms with E-state index >= 15 is 0 Å². The van der Waals surface area contributed by atoms with Gasteiger partial charge in [-0.1, -0.05) is 20.8 Å². The summed E-state index contributed by atoms with van der Waals surface area (Å²) in [5.74, 6) is 2.82. The highest BCUT2D eigenvalue weighted by atomic mass is 15.0. The van der Waals surface area contributed by atoms with E-state index in [4.69, 9.17) is 0 Å². The molecule has 0 radical (unpaired) electrons. The normalized spacial score (nSPS) is 45.6. The van der Waals surface area contributed by atoms with Crippen LogP contribution in [0, 0.1) is 17.8 Å². The van der Waals surface area contributed by atoms with Crippen LogP contribution in [0.5, 0.6) is 0 Å². The van der Waals surface area contributed by atoms with Crippen LogP contribution in [-0.4, -0.2) is 12.1 Å². The molecule has 1 heteroatoms. The van der Waals surface area contributed by atoms with Crippen molar-refractivity contribution in [2.24, 2.45) is 17.8 Å². The lowest BCUT2D eigenvalue weighted by Gasteiger charge is -2.37. The van der Waals surface area contributed by atoms with Gasteiger partial charge in [-0.25, -0.2) is 0 Å². The first-order chi connectivity index (χ1) is 7.65. The molecule has 1 nitrogen and oxygen atoms in total. The maximum absolute atomic E-state index is 3.95. The van der Waals surface area contributed by atoms with Crippen LogP contribution in [-0.2, 0) is 0 Å². The molecule has 2 saturated carbocycles. The molecule has 2 aliphatic rings. The van der Waals surface area contributed by atoms with Gasteiger partial charge in [-0.2, -0.15) is 0 Å². The van der Waals surface area contributed by atoms with Gasteiger partial charge in [0, 0.05) is 12.1 Å². The van der Waals surface area contributed by atoms with Gasteiger partial charge in [0.25, 0.3) is 0 Å². The standard InChI is InChI=1S/C15H29N/c1-11-4-7-14(8-5-11)16-15-9-6-12(2)10-13(15)3/h11-16H,4-10H2,1-3H3. The molecule has 2 aliphatic carbocycles. The van der Waals surface area contributed by atoms with E-state index < -0.39 is 0 Å². The topological polar surface area (TPSA) is 12.0 Å². The van der Waals surface area contributed by atoms with E-state index in [1.807, 2.05) is 0 Å². The summed E-state index contributed by atoms with van der Waals surface area (Å²) in [6, 6.07) is 1.65. The molecule has 0 saturated heterocycles. The van der Waals surface area contributed by atoms with Crippen LogP contribution in [0.15, 0.2) is 0 Å². The molecule has 0 bridgehead atoms. The van der Waals surface area contributed by atoms with E-state index in [0.29, 0.717) is 0 Å². The van der Waals surface area contributed by atoms with Crippen molar-refractivity contribution >= 4 is 0 Å². The van der Waals surface area contributed by atoms with Crippen LogP contribution in [0.1, 0.15) is 65.7 Å². The fourth-order valence-corrected chi connectivity index (χ4v) is 3.64. The lowest BCUT2D eigenvalue weighted by atomic mass is 9.78. The Bertz CT molecular complexity index is 205. The van der Waals surface area contributed by atoms with Gasteiger partial charge in [-0.3, -0.25) is 0 Å². The predicted molar refractivity (Wildman–Crippen MR) is 70.5 cm³/mol. The second kappa shape index (κ2) is 5.53. The van der Waals surface area contributed by atoms with Crippen LogP contribution < -0.4 is 5.32 Å². The summed E-state index contributed by atoms with van der Waals surface area (Å²) in [5, 5.41) is 3.95. The molecular formula is C15H29N. The first kappa shape index (κ1) is 12.4. The molecule has 0 amide bonds. The maximum atomic E-state index is 3.95. The van der Waals surface area contributed by atoms with Crippen molar-refractivity contribution in [2.75, 3.05) is 0 Å². The zero-order valence-electron chi connectivity index (χ0n) is 11.3. The SMILES string of the molecule is CC1CCC(NC2CCC(C)CC2C)CC1. The summed E-state index contributed by atoms with van der Waals surface area (Å²) in [5.41, 5.74) is 0. The third-order valence-corrected chi connectivity index (χ3v) is 4.90. The number of hydrogen-bond acceptors (Lipinski definition) is 1. The molecule has 0 aromatic rings. The third-order valence-electron chi connectivity index (χ3n) is 4.90. The van der Waals surface area contributed by atoms with Gasteiger partial charge in [-0.15, -0.1) is 0 Å². The third kappa shape index (κ3) is 3.23. The molecule has 0 spiro atoms. The van der Waals surface area contributed by atoms with Gasteiger partial charge in [0.15, 0.2) is 0 Å². The van der Waals surface area contributed by atoms with Gasteiger partial charge in [0.05, 0.1) is 0 Å². The Labute approximate surface area is 101 Å². The second-order valence-electron chi connectivity index (χ2n) is 6.63. The van der Waals surface area contributed by atoms with Crippen molar-refractivity contribution in [1.29, 1.82) is 0 Å². The molecular weight excluding hydrogens is 194 g/mol. The van der Waals surface area contributed by atoms with Crippen molar-refractivity contribution in [3.8, 4) is 0 Å². The highest BCUT2D eigenvalue weighted by Gasteiger charge is 2.28. The van der Waals surface area contributed by atoms with E-state index in [1.54, 1.807) is 0 Å². The second-order valence-corrected chi connectivity index (χ2v) is 6.63. The Morgan fingerprint density at radius 1 is 0.750 bits per heavy atom. The zero-order chi connectivity index (χ0) is 11.5. The molecule has 0 heterocycles. The van der Waals surface area contributed by atoms with E-state index in [9.17, 15) is 0 Å². The largest absolute Gasteiger partial charge is 0.311 e.